The maximum Gasteiger partial charge on any atom is 0.317 e. The molecule has 21 heavy (non-hydrogen) atoms. The number of rotatable bonds is 2. The predicted octanol–water partition coefficient (Wildman–Crippen LogP) is 2.83. The molecule has 0 spiro atoms. The second-order valence-corrected chi connectivity index (χ2v) is 6.84. The Kier molecular flexibility index (Phi) is 4.88. The molecule has 1 saturated heterocycles. The van der Waals surface area contributed by atoms with Crippen LogP contribution in [0.3, 0.4) is 0 Å². The van der Waals surface area contributed by atoms with Crippen molar-refractivity contribution in [3.05, 3.63) is 35.9 Å². The van der Waals surface area contributed by atoms with Gasteiger partial charge in [0.2, 0.25) is 0 Å². The minimum absolute atomic E-state index is 0.00397. The Hall–Kier alpha value is -1.55. The lowest BCUT2D eigenvalue weighted by molar-refractivity contribution is -0.0633. The number of benzene rings is 1. The van der Waals surface area contributed by atoms with Crippen molar-refractivity contribution < 1.29 is 9.53 Å². The zero-order valence-electron chi connectivity index (χ0n) is 13.4. The zero-order valence-corrected chi connectivity index (χ0v) is 13.4. The first-order chi connectivity index (χ1) is 9.83. The quantitative estimate of drug-likeness (QED) is 0.910. The fourth-order valence-corrected chi connectivity index (χ4v) is 2.60. The molecule has 0 aromatic heterocycles. The zero-order chi connectivity index (χ0) is 15.5. The average Bonchev–Trinajstić information content (AvgIpc) is 2.37. The molecule has 0 aliphatic carbocycles. The summed E-state index contributed by atoms with van der Waals surface area (Å²) < 4.78 is 5.98. The van der Waals surface area contributed by atoms with Gasteiger partial charge in [-0.3, -0.25) is 0 Å². The molecular weight excluding hydrogens is 264 g/mol. The monoisotopic (exact) mass is 290 g/mol. The Labute approximate surface area is 127 Å². The molecule has 1 aromatic rings. The van der Waals surface area contributed by atoms with E-state index in [-0.39, 0.29) is 23.8 Å². The van der Waals surface area contributed by atoms with Crippen LogP contribution in [-0.2, 0) is 11.2 Å². The Morgan fingerprint density at radius 1 is 1.29 bits per heavy atom. The standard InChI is InChI=1S/C17H26N2O2/c1-13-11-19(16(20)18-17(2,3)4)12-15(21-13)10-14-8-6-5-7-9-14/h5-9,13,15H,10-12H2,1-4H3,(H,18,20). The van der Waals surface area contributed by atoms with Crippen LogP contribution in [0.4, 0.5) is 4.79 Å². The van der Waals surface area contributed by atoms with E-state index >= 15 is 0 Å². The lowest BCUT2D eigenvalue weighted by atomic mass is 10.1. The molecule has 1 aliphatic heterocycles. The smallest absolute Gasteiger partial charge is 0.317 e. The van der Waals surface area contributed by atoms with E-state index in [9.17, 15) is 4.79 Å². The average molecular weight is 290 g/mol. The fraction of sp³-hybridized carbons (Fsp3) is 0.588. The van der Waals surface area contributed by atoms with E-state index in [2.05, 4.69) is 17.4 Å². The summed E-state index contributed by atoms with van der Waals surface area (Å²) in [5, 5.41) is 3.03. The number of nitrogens with one attached hydrogen (secondary N) is 1. The summed E-state index contributed by atoms with van der Waals surface area (Å²) in [6, 6.07) is 10.3. The molecule has 0 radical (unpaired) electrons. The fourth-order valence-electron chi connectivity index (χ4n) is 2.60. The van der Waals surface area contributed by atoms with Gasteiger partial charge in [-0.05, 0) is 33.3 Å². The van der Waals surface area contributed by atoms with Crippen LogP contribution < -0.4 is 5.32 Å². The summed E-state index contributed by atoms with van der Waals surface area (Å²) in [6.07, 6.45) is 0.963. The van der Waals surface area contributed by atoms with E-state index in [1.165, 1.54) is 5.56 Å². The third-order valence-electron chi connectivity index (χ3n) is 3.40. The number of hydrogen-bond donors (Lipinski definition) is 1. The van der Waals surface area contributed by atoms with E-state index < -0.39 is 0 Å². The van der Waals surface area contributed by atoms with Crippen molar-refractivity contribution in [2.45, 2.75) is 51.9 Å². The number of nitrogens with zero attached hydrogens (tertiary/aromatic N) is 1. The molecule has 1 aliphatic rings. The van der Waals surface area contributed by atoms with Gasteiger partial charge in [-0.1, -0.05) is 30.3 Å². The van der Waals surface area contributed by atoms with Crippen molar-refractivity contribution in [2.75, 3.05) is 13.1 Å². The van der Waals surface area contributed by atoms with Crippen molar-refractivity contribution in [1.29, 1.82) is 0 Å². The number of hydrogen-bond acceptors (Lipinski definition) is 2. The van der Waals surface area contributed by atoms with Crippen LogP contribution in [0.2, 0.25) is 0 Å². The molecule has 1 aromatic carbocycles. The van der Waals surface area contributed by atoms with Gasteiger partial charge in [-0.15, -0.1) is 0 Å². The molecule has 1 heterocycles. The van der Waals surface area contributed by atoms with E-state index in [1.54, 1.807) is 0 Å². The van der Waals surface area contributed by atoms with Gasteiger partial charge in [-0.25, -0.2) is 4.79 Å². The Balaban J connectivity index is 1.97. The van der Waals surface area contributed by atoms with Crippen molar-refractivity contribution in [1.82, 2.24) is 10.2 Å². The van der Waals surface area contributed by atoms with Crippen molar-refractivity contribution in [2.24, 2.45) is 0 Å². The van der Waals surface area contributed by atoms with Crippen LogP contribution in [0, 0.1) is 0 Å². The van der Waals surface area contributed by atoms with Crippen molar-refractivity contribution in [3.63, 3.8) is 0 Å². The minimum Gasteiger partial charge on any atom is -0.371 e. The van der Waals surface area contributed by atoms with E-state index in [0.717, 1.165) is 6.42 Å². The molecule has 0 bridgehead atoms. The summed E-state index contributed by atoms with van der Waals surface area (Å²) >= 11 is 0. The highest BCUT2D eigenvalue weighted by molar-refractivity contribution is 5.75. The topological polar surface area (TPSA) is 41.6 Å². The maximum absolute atomic E-state index is 12.3. The van der Waals surface area contributed by atoms with Crippen molar-refractivity contribution in [3.8, 4) is 0 Å². The van der Waals surface area contributed by atoms with Crippen LogP contribution in [0.1, 0.15) is 33.3 Å². The highest BCUT2D eigenvalue weighted by Gasteiger charge is 2.29. The van der Waals surface area contributed by atoms with Crippen molar-refractivity contribution >= 4 is 6.03 Å². The SMILES string of the molecule is CC1CN(C(=O)NC(C)(C)C)CC(Cc2ccccc2)O1. The lowest BCUT2D eigenvalue weighted by Crippen LogP contribution is -2.56. The summed E-state index contributed by atoms with van der Waals surface area (Å²) in [5.41, 5.74) is 1.03. The minimum atomic E-state index is -0.215. The molecule has 2 atom stereocenters. The molecule has 1 N–H and O–H groups in total. The number of carbonyl (C=O) groups excluding carboxylic acids is 1. The Morgan fingerprint density at radius 3 is 2.57 bits per heavy atom. The Bertz CT molecular complexity index is 467. The summed E-state index contributed by atoms with van der Waals surface area (Å²) in [5.74, 6) is 0. The molecule has 1 fully saturated rings. The highest BCUT2D eigenvalue weighted by atomic mass is 16.5. The maximum atomic E-state index is 12.3. The van der Waals surface area contributed by atoms with E-state index in [1.807, 2.05) is 50.8 Å². The van der Waals surface area contributed by atoms with Gasteiger partial charge in [0.1, 0.15) is 0 Å². The molecule has 4 heteroatoms. The van der Waals surface area contributed by atoms with Gasteiger partial charge in [0, 0.05) is 25.0 Å². The van der Waals surface area contributed by atoms with Crippen LogP contribution in [0.5, 0.6) is 0 Å². The summed E-state index contributed by atoms with van der Waals surface area (Å²) in [4.78, 5) is 14.2. The third-order valence-corrected chi connectivity index (χ3v) is 3.40. The largest absolute Gasteiger partial charge is 0.371 e. The van der Waals surface area contributed by atoms with E-state index in [4.69, 9.17) is 4.74 Å². The predicted molar refractivity (Wildman–Crippen MR) is 84.3 cm³/mol. The lowest BCUT2D eigenvalue weighted by Gasteiger charge is -2.38. The second-order valence-electron chi connectivity index (χ2n) is 6.84. The van der Waals surface area contributed by atoms with Gasteiger partial charge in [-0.2, -0.15) is 0 Å². The van der Waals surface area contributed by atoms with Gasteiger partial charge in [0.15, 0.2) is 0 Å². The molecular formula is C17H26N2O2. The molecule has 2 amide bonds. The highest BCUT2D eigenvalue weighted by Crippen LogP contribution is 2.16. The van der Waals surface area contributed by atoms with Gasteiger partial charge < -0.3 is 15.0 Å². The van der Waals surface area contributed by atoms with Crippen LogP contribution in [-0.4, -0.2) is 41.8 Å². The first kappa shape index (κ1) is 15.8. The number of ether oxygens (including phenoxy) is 1. The number of morpholine rings is 1. The van der Waals surface area contributed by atoms with Gasteiger partial charge in [0.05, 0.1) is 12.2 Å². The number of amides is 2. The molecule has 4 nitrogen and oxygen atoms in total. The molecule has 0 saturated carbocycles. The van der Waals surface area contributed by atoms with Gasteiger partial charge in [0.25, 0.3) is 0 Å². The van der Waals surface area contributed by atoms with Crippen LogP contribution in [0.15, 0.2) is 30.3 Å². The van der Waals surface area contributed by atoms with Crippen LogP contribution >= 0.6 is 0 Å². The first-order valence-electron chi connectivity index (χ1n) is 7.60. The Morgan fingerprint density at radius 2 is 1.95 bits per heavy atom. The molecule has 2 rings (SSSR count). The summed E-state index contributed by atoms with van der Waals surface area (Å²) in [6.45, 7) is 9.30. The third kappa shape index (κ3) is 5.05. The van der Waals surface area contributed by atoms with E-state index in [0.29, 0.717) is 13.1 Å². The number of carbonyl (C=O) groups is 1. The molecule has 2 unspecified atom stereocenters. The normalized spacial score (nSPS) is 23.0. The molecule has 116 valence electrons. The second kappa shape index (κ2) is 6.48. The summed E-state index contributed by atoms with van der Waals surface area (Å²) in [7, 11) is 0. The first-order valence-corrected chi connectivity index (χ1v) is 7.60. The number of urea groups is 1. The van der Waals surface area contributed by atoms with Gasteiger partial charge >= 0.3 is 6.03 Å². The van der Waals surface area contributed by atoms with Crippen LogP contribution in [0.25, 0.3) is 0 Å².